The van der Waals surface area contributed by atoms with Crippen LogP contribution >= 0.6 is 0 Å². The van der Waals surface area contributed by atoms with Gasteiger partial charge in [0.15, 0.2) is 0 Å². The van der Waals surface area contributed by atoms with Gasteiger partial charge in [0.05, 0.1) is 6.61 Å². The number of hydrogen-bond acceptors (Lipinski definition) is 3. The van der Waals surface area contributed by atoms with Crippen molar-refractivity contribution in [3.05, 3.63) is 34.9 Å². The Labute approximate surface area is 121 Å². The zero-order valence-electron chi connectivity index (χ0n) is 12.7. The van der Waals surface area contributed by atoms with Crippen LogP contribution in [0.5, 0.6) is 0 Å². The Morgan fingerprint density at radius 3 is 2.70 bits per heavy atom. The maximum absolute atomic E-state index is 12.3. The molecule has 0 saturated heterocycles. The van der Waals surface area contributed by atoms with E-state index >= 15 is 0 Å². The molecule has 1 fully saturated rings. The van der Waals surface area contributed by atoms with Gasteiger partial charge in [-0.05, 0) is 50.3 Å². The van der Waals surface area contributed by atoms with Crippen LogP contribution in [0.1, 0.15) is 55.3 Å². The van der Waals surface area contributed by atoms with E-state index in [9.17, 15) is 4.79 Å². The average Bonchev–Trinajstić information content (AvgIpc) is 2.93. The number of nitrogens with one attached hydrogen (secondary N) is 1. The van der Waals surface area contributed by atoms with Crippen molar-refractivity contribution in [3.8, 4) is 0 Å². The Bertz CT molecular complexity index is 464. The first-order valence-corrected chi connectivity index (χ1v) is 7.62. The highest BCUT2D eigenvalue weighted by Gasteiger charge is 2.27. The lowest BCUT2D eigenvalue weighted by Gasteiger charge is -2.23. The monoisotopic (exact) mass is 275 g/mol. The average molecular weight is 275 g/mol. The van der Waals surface area contributed by atoms with Gasteiger partial charge < -0.3 is 4.74 Å². The summed E-state index contributed by atoms with van der Waals surface area (Å²) in [5, 5.41) is 3.51. The molecule has 0 heterocycles. The molecule has 0 bridgehead atoms. The van der Waals surface area contributed by atoms with Gasteiger partial charge >= 0.3 is 5.97 Å². The summed E-state index contributed by atoms with van der Waals surface area (Å²) in [7, 11) is 0. The smallest absolute Gasteiger partial charge is 0.327 e. The van der Waals surface area contributed by atoms with Crippen LogP contribution in [0.2, 0.25) is 0 Å². The summed E-state index contributed by atoms with van der Waals surface area (Å²) in [5.41, 5.74) is 3.44. The summed E-state index contributed by atoms with van der Waals surface area (Å²) in [6.07, 6.45) is 4.81. The molecule has 1 unspecified atom stereocenters. The summed E-state index contributed by atoms with van der Waals surface area (Å²) >= 11 is 0. The van der Waals surface area contributed by atoms with Crippen LogP contribution < -0.4 is 5.32 Å². The zero-order chi connectivity index (χ0) is 14.5. The lowest BCUT2D eigenvalue weighted by molar-refractivity contribution is -0.146. The Kier molecular flexibility index (Phi) is 5.18. The van der Waals surface area contributed by atoms with Crippen molar-refractivity contribution >= 4 is 5.97 Å². The minimum atomic E-state index is -0.335. The molecule has 110 valence electrons. The Balaban J connectivity index is 2.24. The minimum absolute atomic E-state index is 0.159. The van der Waals surface area contributed by atoms with E-state index in [1.54, 1.807) is 0 Å². The van der Waals surface area contributed by atoms with E-state index in [1.165, 1.54) is 24.0 Å². The van der Waals surface area contributed by atoms with E-state index in [2.05, 4.69) is 25.2 Å². The molecule has 1 aromatic rings. The number of ether oxygens (including phenoxy) is 1. The highest BCUT2D eigenvalue weighted by molar-refractivity contribution is 5.78. The Hall–Kier alpha value is -1.35. The molecule has 0 aromatic heterocycles. The molecule has 2 rings (SSSR count). The van der Waals surface area contributed by atoms with Crippen LogP contribution in [0.3, 0.4) is 0 Å². The first kappa shape index (κ1) is 15.0. The lowest BCUT2D eigenvalue weighted by atomic mass is 9.96. The summed E-state index contributed by atoms with van der Waals surface area (Å²) in [6.45, 7) is 6.43. The number of hydrogen-bond donors (Lipinski definition) is 1. The molecule has 20 heavy (non-hydrogen) atoms. The van der Waals surface area contributed by atoms with Crippen LogP contribution in [-0.4, -0.2) is 18.6 Å². The van der Waals surface area contributed by atoms with Crippen molar-refractivity contribution in [1.82, 2.24) is 5.32 Å². The fourth-order valence-corrected chi connectivity index (χ4v) is 2.93. The molecule has 1 aliphatic rings. The number of carbonyl (C=O) groups is 1. The van der Waals surface area contributed by atoms with E-state index in [-0.39, 0.29) is 12.0 Å². The third-order valence-corrected chi connectivity index (χ3v) is 4.24. The zero-order valence-corrected chi connectivity index (χ0v) is 12.7. The SMILES string of the molecule is CCOC(=O)C(NC1CCCC1)c1cccc(C)c1C. The molecule has 1 aromatic carbocycles. The highest BCUT2D eigenvalue weighted by atomic mass is 16.5. The lowest BCUT2D eigenvalue weighted by Crippen LogP contribution is -2.37. The number of benzene rings is 1. The van der Waals surface area contributed by atoms with Crippen molar-refractivity contribution in [2.75, 3.05) is 6.61 Å². The second-order valence-corrected chi connectivity index (χ2v) is 5.62. The van der Waals surface area contributed by atoms with Gasteiger partial charge in [0, 0.05) is 6.04 Å². The van der Waals surface area contributed by atoms with Gasteiger partial charge in [-0.1, -0.05) is 31.0 Å². The molecule has 1 aliphatic carbocycles. The second kappa shape index (κ2) is 6.89. The third-order valence-electron chi connectivity index (χ3n) is 4.24. The van der Waals surface area contributed by atoms with E-state index in [1.807, 2.05) is 19.1 Å². The molecule has 0 spiro atoms. The second-order valence-electron chi connectivity index (χ2n) is 5.62. The van der Waals surface area contributed by atoms with Crippen molar-refractivity contribution in [1.29, 1.82) is 0 Å². The van der Waals surface area contributed by atoms with Gasteiger partial charge in [0.25, 0.3) is 0 Å². The van der Waals surface area contributed by atoms with Crippen molar-refractivity contribution < 1.29 is 9.53 Å². The maximum atomic E-state index is 12.3. The molecule has 1 saturated carbocycles. The van der Waals surface area contributed by atoms with Gasteiger partial charge in [-0.15, -0.1) is 0 Å². The quantitative estimate of drug-likeness (QED) is 0.837. The van der Waals surface area contributed by atoms with Crippen LogP contribution in [0.15, 0.2) is 18.2 Å². The first-order valence-electron chi connectivity index (χ1n) is 7.62. The molecule has 1 N–H and O–H groups in total. The molecule has 3 heteroatoms. The van der Waals surface area contributed by atoms with E-state index in [0.717, 1.165) is 18.4 Å². The first-order chi connectivity index (χ1) is 9.63. The van der Waals surface area contributed by atoms with E-state index in [4.69, 9.17) is 4.74 Å². The van der Waals surface area contributed by atoms with Crippen molar-refractivity contribution in [2.24, 2.45) is 0 Å². The van der Waals surface area contributed by atoms with E-state index in [0.29, 0.717) is 12.6 Å². The fourth-order valence-electron chi connectivity index (χ4n) is 2.93. The minimum Gasteiger partial charge on any atom is -0.465 e. The molecular formula is C17H25NO2. The number of carbonyl (C=O) groups excluding carboxylic acids is 1. The number of esters is 1. The number of aryl methyl sites for hydroxylation is 1. The fraction of sp³-hybridized carbons (Fsp3) is 0.588. The van der Waals surface area contributed by atoms with E-state index < -0.39 is 0 Å². The standard InChI is InChI=1S/C17H25NO2/c1-4-20-17(19)16(18-14-9-5-6-10-14)15-11-7-8-12(2)13(15)3/h7-8,11,14,16,18H,4-6,9-10H2,1-3H3. The largest absolute Gasteiger partial charge is 0.465 e. The van der Waals surface area contributed by atoms with Gasteiger partial charge in [0.1, 0.15) is 6.04 Å². The summed E-state index contributed by atoms with van der Waals surface area (Å²) in [5.74, 6) is -0.159. The summed E-state index contributed by atoms with van der Waals surface area (Å²) in [6, 6.07) is 6.23. The topological polar surface area (TPSA) is 38.3 Å². The third kappa shape index (κ3) is 3.40. The van der Waals surface area contributed by atoms with Crippen LogP contribution in [0, 0.1) is 13.8 Å². The summed E-state index contributed by atoms with van der Waals surface area (Å²) in [4.78, 5) is 12.3. The summed E-state index contributed by atoms with van der Waals surface area (Å²) < 4.78 is 5.26. The Morgan fingerprint density at radius 1 is 1.35 bits per heavy atom. The molecule has 3 nitrogen and oxygen atoms in total. The highest BCUT2D eigenvalue weighted by Crippen LogP contribution is 2.26. The van der Waals surface area contributed by atoms with Crippen LogP contribution in [0.4, 0.5) is 0 Å². The normalized spacial score (nSPS) is 17.1. The molecule has 0 amide bonds. The van der Waals surface area contributed by atoms with Gasteiger partial charge in [-0.2, -0.15) is 0 Å². The van der Waals surface area contributed by atoms with Gasteiger partial charge in [-0.3, -0.25) is 5.32 Å². The number of rotatable bonds is 5. The predicted octanol–water partition coefficient (Wildman–Crippen LogP) is 3.44. The molecule has 0 aliphatic heterocycles. The van der Waals surface area contributed by atoms with Crippen LogP contribution in [0.25, 0.3) is 0 Å². The van der Waals surface area contributed by atoms with Gasteiger partial charge in [-0.25, -0.2) is 4.79 Å². The van der Waals surface area contributed by atoms with Crippen molar-refractivity contribution in [3.63, 3.8) is 0 Å². The molecule has 1 atom stereocenters. The molecular weight excluding hydrogens is 250 g/mol. The molecule has 0 radical (unpaired) electrons. The van der Waals surface area contributed by atoms with Crippen LogP contribution in [-0.2, 0) is 9.53 Å². The predicted molar refractivity (Wildman–Crippen MR) is 80.7 cm³/mol. The van der Waals surface area contributed by atoms with Crippen molar-refractivity contribution in [2.45, 2.75) is 58.5 Å². The Morgan fingerprint density at radius 2 is 2.05 bits per heavy atom. The van der Waals surface area contributed by atoms with Gasteiger partial charge in [0.2, 0.25) is 0 Å². The maximum Gasteiger partial charge on any atom is 0.327 e.